The largest absolute Gasteiger partial charge is 0.373 e. The van der Waals surface area contributed by atoms with E-state index in [1.807, 2.05) is 12.1 Å². The molecule has 0 radical (unpaired) electrons. The summed E-state index contributed by atoms with van der Waals surface area (Å²) in [5.74, 6) is 0.937. The van der Waals surface area contributed by atoms with Crippen LogP contribution in [0, 0.1) is 10.1 Å². The quantitative estimate of drug-likeness (QED) is 0.631. The Morgan fingerprint density at radius 3 is 2.75 bits per heavy atom. The minimum atomic E-state index is -0.438. The van der Waals surface area contributed by atoms with Crippen molar-refractivity contribution in [3.8, 4) is 0 Å². The van der Waals surface area contributed by atoms with Crippen LogP contribution in [0.15, 0.2) is 24.3 Å². The van der Waals surface area contributed by atoms with Crippen LogP contribution in [0.4, 0.5) is 17.3 Å². The Bertz CT molecular complexity index is 617. The van der Waals surface area contributed by atoms with Gasteiger partial charge >= 0.3 is 0 Å². The lowest BCUT2D eigenvalue weighted by molar-refractivity contribution is -0.384. The first-order chi connectivity index (χ1) is 9.58. The summed E-state index contributed by atoms with van der Waals surface area (Å²) >= 11 is 7.38. The average Bonchev–Trinajstić information content (AvgIpc) is 2.84. The molecule has 2 aromatic rings. The Labute approximate surface area is 124 Å². The van der Waals surface area contributed by atoms with Gasteiger partial charge in [-0.25, -0.2) is 4.98 Å². The van der Waals surface area contributed by atoms with Crippen LogP contribution in [0.3, 0.4) is 0 Å². The third-order valence-corrected chi connectivity index (χ3v) is 3.87. The molecule has 2 rings (SSSR count). The van der Waals surface area contributed by atoms with Crippen molar-refractivity contribution < 1.29 is 4.92 Å². The van der Waals surface area contributed by atoms with Gasteiger partial charge in [-0.15, -0.1) is 11.3 Å². The van der Waals surface area contributed by atoms with Crippen molar-refractivity contribution in [2.24, 2.45) is 0 Å². The summed E-state index contributed by atoms with van der Waals surface area (Å²) in [4.78, 5) is 15.8. The van der Waals surface area contributed by atoms with Crippen LogP contribution in [-0.4, -0.2) is 23.5 Å². The molecule has 2 N–H and O–H groups in total. The van der Waals surface area contributed by atoms with Gasteiger partial charge in [-0.2, -0.15) is 0 Å². The van der Waals surface area contributed by atoms with Gasteiger partial charge in [-0.05, 0) is 18.6 Å². The van der Waals surface area contributed by atoms with Gasteiger partial charge in [-0.1, -0.05) is 11.6 Å². The molecule has 0 spiro atoms. The molecular weight excluding hydrogens is 300 g/mol. The SMILES string of the molecule is CNc1cc([N+](=O)[O-])cc(NCCc2ccc(Cl)s2)n1. The van der Waals surface area contributed by atoms with E-state index in [4.69, 9.17) is 11.6 Å². The molecule has 0 amide bonds. The zero-order chi connectivity index (χ0) is 14.5. The van der Waals surface area contributed by atoms with E-state index in [-0.39, 0.29) is 5.69 Å². The van der Waals surface area contributed by atoms with E-state index in [9.17, 15) is 10.1 Å². The summed E-state index contributed by atoms with van der Waals surface area (Å²) in [5, 5.41) is 16.7. The predicted molar refractivity (Wildman–Crippen MR) is 82.0 cm³/mol. The Morgan fingerprint density at radius 2 is 2.15 bits per heavy atom. The fourth-order valence-corrected chi connectivity index (χ4v) is 2.73. The van der Waals surface area contributed by atoms with Gasteiger partial charge in [0.05, 0.1) is 21.4 Å². The number of nitrogens with zero attached hydrogens (tertiary/aromatic N) is 2. The number of hydrogen-bond acceptors (Lipinski definition) is 6. The number of halogens is 1. The van der Waals surface area contributed by atoms with Gasteiger partial charge in [0.1, 0.15) is 11.6 Å². The van der Waals surface area contributed by atoms with Crippen molar-refractivity contribution in [2.45, 2.75) is 6.42 Å². The van der Waals surface area contributed by atoms with Gasteiger partial charge in [-0.3, -0.25) is 10.1 Å². The van der Waals surface area contributed by atoms with E-state index in [1.54, 1.807) is 7.05 Å². The molecule has 2 heterocycles. The van der Waals surface area contributed by atoms with Gasteiger partial charge in [0.25, 0.3) is 5.69 Å². The Balaban J connectivity index is 2.01. The highest BCUT2D eigenvalue weighted by molar-refractivity contribution is 7.16. The van der Waals surface area contributed by atoms with Crippen molar-refractivity contribution in [2.75, 3.05) is 24.2 Å². The highest BCUT2D eigenvalue weighted by Crippen LogP contribution is 2.23. The molecule has 0 unspecified atom stereocenters. The maximum absolute atomic E-state index is 10.8. The minimum absolute atomic E-state index is 0.00557. The third kappa shape index (κ3) is 3.82. The van der Waals surface area contributed by atoms with Crippen molar-refractivity contribution in [3.05, 3.63) is 43.6 Å². The van der Waals surface area contributed by atoms with Crippen LogP contribution in [0.5, 0.6) is 0 Å². The second-order valence-corrected chi connectivity index (χ2v) is 5.79. The van der Waals surface area contributed by atoms with Gasteiger partial charge in [0, 0.05) is 18.5 Å². The number of hydrogen-bond donors (Lipinski definition) is 2. The van der Waals surface area contributed by atoms with E-state index >= 15 is 0 Å². The summed E-state index contributed by atoms with van der Waals surface area (Å²) in [6.45, 7) is 0.633. The maximum atomic E-state index is 10.8. The van der Waals surface area contributed by atoms with Gasteiger partial charge < -0.3 is 10.6 Å². The average molecular weight is 313 g/mol. The Kier molecular flexibility index (Phi) is 4.75. The Morgan fingerprint density at radius 1 is 1.40 bits per heavy atom. The number of rotatable bonds is 6. The van der Waals surface area contributed by atoms with Crippen LogP contribution < -0.4 is 10.6 Å². The highest BCUT2D eigenvalue weighted by Gasteiger charge is 2.10. The molecular formula is C12H13ClN4O2S. The number of anilines is 2. The molecule has 0 aliphatic carbocycles. The lowest BCUT2D eigenvalue weighted by atomic mass is 10.3. The first-order valence-electron chi connectivity index (χ1n) is 5.91. The molecule has 0 bridgehead atoms. The molecule has 0 atom stereocenters. The zero-order valence-corrected chi connectivity index (χ0v) is 12.3. The number of thiophene rings is 1. The molecule has 106 valence electrons. The maximum Gasteiger partial charge on any atom is 0.276 e. The van der Waals surface area contributed by atoms with Crippen LogP contribution in [0.2, 0.25) is 4.34 Å². The monoisotopic (exact) mass is 312 g/mol. The summed E-state index contributed by atoms with van der Waals surface area (Å²) < 4.78 is 0.756. The fourth-order valence-electron chi connectivity index (χ4n) is 1.64. The van der Waals surface area contributed by atoms with Gasteiger partial charge in [0.2, 0.25) is 0 Å². The number of pyridine rings is 1. The molecule has 6 nitrogen and oxygen atoms in total. The van der Waals surface area contributed by atoms with Crippen molar-refractivity contribution in [1.29, 1.82) is 0 Å². The summed E-state index contributed by atoms with van der Waals surface area (Å²) in [6.07, 6.45) is 0.788. The smallest absolute Gasteiger partial charge is 0.276 e. The molecule has 0 aromatic carbocycles. The summed E-state index contributed by atoms with van der Waals surface area (Å²) in [7, 11) is 1.67. The van der Waals surface area contributed by atoms with Crippen molar-refractivity contribution in [1.82, 2.24) is 4.98 Å². The predicted octanol–water partition coefficient (Wildman–Crippen LogP) is 3.40. The molecule has 0 aliphatic rings. The standard InChI is InChI=1S/C12H13ClN4O2S/c1-14-11-6-8(17(18)19)7-12(16-11)15-5-4-9-2-3-10(13)20-9/h2-3,6-7H,4-5H2,1H3,(H2,14,15,16). The van der Waals surface area contributed by atoms with Gasteiger partial charge in [0.15, 0.2) is 0 Å². The first-order valence-corrected chi connectivity index (χ1v) is 7.10. The zero-order valence-electron chi connectivity index (χ0n) is 10.7. The number of nitrogens with one attached hydrogen (secondary N) is 2. The van der Waals surface area contributed by atoms with E-state index in [0.29, 0.717) is 18.2 Å². The lowest BCUT2D eigenvalue weighted by Gasteiger charge is -2.07. The molecule has 0 fully saturated rings. The third-order valence-electron chi connectivity index (χ3n) is 2.58. The lowest BCUT2D eigenvalue weighted by Crippen LogP contribution is -2.07. The highest BCUT2D eigenvalue weighted by atomic mass is 35.5. The second kappa shape index (κ2) is 6.53. The summed E-state index contributed by atoms with van der Waals surface area (Å²) in [5.41, 5.74) is 0.00557. The topological polar surface area (TPSA) is 80.1 Å². The Hall–Kier alpha value is -1.86. The molecule has 0 saturated carbocycles. The molecule has 20 heavy (non-hydrogen) atoms. The first kappa shape index (κ1) is 14.5. The second-order valence-electron chi connectivity index (χ2n) is 3.99. The molecule has 0 saturated heterocycles. The van der Waals surface area contributed by atoms with Crippen molar-refractivity contribution in [3.63, 3.8) is 0 Å². The molecule has 2 aromatic heterocycles. The van der Waals surface area contributed by atoms with Crippen LogP contribution in [-0.2, 0) is 6.42 Å². The number of nitro groups is 1. The van der Waals surface area contributed by atoms with E-state index in [1.165, 1.54) is 23.5 Å². The minimum Gasteiger partial charge on any atom is -0.373 e. The van der Waals surface area contributed by atoms with E-state index < -0.39 is 4.92 Å². The van der Waals surface area contributed by atoms with Crippen LogP contribution >= 0.6 is 22.9 Å². The van der Waals surface area contributed by atoms with Crippen molar-refractivity contribution >= 4 is 40.3 Å². The summed E-state index contributed by atoms with van der Waals surface area (Å²) in [6, 6.07) is 6.63. The number of aromatic nitrogens is 1. The van der Waals surface area contributed by atoms with E-state index in [0.717, 1.165) is 15.6 Å². The van der Waals surface area contributed by atoms with Crippen LogP contribution in [0.25, 0.3) is 0 Å². The molecule has 8 heteroatoms. The van der Waals surface area contributed by atoms with Crippen LogP contribution in [0.1, 0.15) is 4.88 Å². The molecule has 0 aliphatic heterocycles. The fraction of sp³-hybridized carbons (Fsp3) is 0.250. The normalized spacial score (nSPS) is 10.3. The van der Waals surface area contributed by atoms with E-state index in [2.05, 4.69) is 15.6 Å².